The fourth-order valence-electron chi connectivity index (χ4n) is 2.78. The number of rotatable bonds is 7. The molecule has 0 saturated heterocycles. The summed E-state index contributed by atoms with van der Waals surface area (Å²) in [6.45, 7) is 2.33. The Bertz CT molecular complexity index is 867. The van der Waals surface area contributed by atoms with Gasteiger partial charge in [0, 0.05) is 31.2 Å². The Labute approximate surface area is 153 Å². The summed E-state index contributed by atoms with van der Waals surface area (Å²) < 4.78 is 1.56. The van der Waals surface area contributed by atoms with Crippen molar-refractivity contribution in [3.63, 3.8) is 0 Å². The second kappa shape index (κ2) is 7.99. The molecule has 0 bridgehead atoms. The number of allylic oxidation sites excluding steroid dienone is 1. The lowest BCUT2D eigenvalue weighted by atomic mass is 10.1. The predicted octanol–water partition coefficient (Wildman–Crippen LogP) is 2.15. The zero-order valence-corrected chi connectivity index (χ0v) is 15.2. The molecule has 1 amide bonds. The highest BCUT2D eigenvalue weighted by molar-refractivity contribution is 5.95. The molecule has 1 saturated carbocycles. The molecule has 3 rings (SSSR count). The van der Waals surface area contributed by atoms with Gasteiger partial charge in [-0.15, -0.1) is 0 Å². The molecule has 6 nitrogen and oxygen atoms in total. The standard InChI is InChI=1S/C20H24N4O2/c1-3-6-18(21-2)17-11-14(19(25)23-15-8-9-15)12-24(20(17)26)13-16-7-4-5-10-22-16/h4-7,10-12,15,21H,3,8-9,13H2,1-2H3,(H,23,25)/b18-6-. The molecule has 2 aromatic heterocycles. The summed E-state index contributed by atoms with van der Waals surface area (Å²) >= 11 is 0. The number of pyridine rings is 2. The van der Waals surface area contributed by atoms with E-state index in [9.17, 15) is 9.59 Å². The van der Waals surface area contributed by atoms with Crippen LogP contribution in [0.2, 0.25) is 0 Å². The van der Waals surface area contributed by atoms with Gasteiger partial charge in [0.05, 0.1) is 23.4 Å². The van der Waals surface area contributed by atoms with Crippen LogP contribution in [0.4, 0.5) is 0 Å². The van der Waals surface area contributed by atoms with Crippen molar-refractivity contribution in [1.29, 1.82) is 0 Å². The molecular weight excluding hydrogens is 328 g/mol. The van der Waals surface area contributed by atoms with Gasteiger partial charge in [-0.3, -0.25) is 14.6 Å². The van der Waals surface area contributed by atoms with Gasteiger partial charge in [0.25, 0.3) is 11.5 Å². The van der Waals surface area contributed by atoms with E-state index in [4.69, 9.17) is 0 Å². The van der Waals surface area contributed by atoms with Crippen LogP contribution in [0.15, 0.2) is 47.5 Å². The largest absolute Gasteiger partial charge is 0.388 e. The summed E-state index contributed by atoms with van der Waals surface area (Å²) in [5.74, 6) is -0.143. The van der Waals surface area contributed by atoms with E-state index in [-0.39, 0.29) is 17.5 Å². The van der Waals surface area contributed by atoms with Crippen molar-refractivity contribution in [2.24, 2.45) is 0 Å². The molecule has 26 heavy (non-hydrogen) atoms. The fourth-order valence-corrected chi connectivity index (χ4v) is 2.78. The van der Waals surface area contributed by atoms with Gasteiger partial charge in [0.15, 0.2) is 0 Å². The van der Waals surface area contributed by atoms with Gasteiger partial charge < -0.3 is 15.2 Å². The quantitative estimate of drug-likeness (QED) is 0.801. The molecule has 1 fully saturated rings. The minimum absolute atomic E-state index is 0.143. The monoisotopic (exact) mass is 352 g/mol. The van der Waals surface area contributed by atoms with E-state index < -0.39 is 0 Å². The Morgan fingerprint density at radius 3 is 2.81 bits per heavy atom. The molecule has 2 aromatic rings. The lowest BCUT2D eigenvalue weighted by Crippen LogP contribution is -2.31. The van der Waals surface area contributed by atoms with Crippen molar-refractivity contribution < 1.29 is 4.79 Å². The summed E-state index contributed by atoms with van der Waals surface area (Å²) in [6.07, 6.45) is 8.09. The van der Waals surface area contributed by atoms with Gasteiger partial charge in [0.2, 0.25) is 0 Å². The second-order valence-electron chi connectivity index (χ2n) is 6.42. The van der Waals surface area contributed by atoms with Crippen LogP contribution < -0.4 is 16.2 Å². The van der Waals surface area contributed by atoms with Gasteiger partial charge in [0.1, 0.15) is 0 Å². The smallest absolute Gasteiger partial charge is 0.260 e. The van der Waals surface area contributed by atoms with Crippen molar-refractivity contribution in [2.45, 2.75) is 38.8 Å². The lowest BCUT2D eigenvalue weighted by Gasteiger charge is -2.14. The summed E-state index contributed by atoms with van der Waals surface area (Å²) in [4.78, 5) is 29.8. The Kier molecular flexibility index (Phi) is 5.51. The maximum Gasteiger partial charge on any atom is 0.260 e. The topological polar surface area (TPSA) is 76.0 Å². The normalized spacial score (nSPS) is 14.2. The maximum atomic E-state index is 13.0. The van der Waals surface area contributed by atoms with Gasteiger partial charge in [-0.2, -0.15) is 0 Å². The summed E-state index contributed by atoms with van der Waals surface area (Å²) in [5, 5.41) is 6.06. The first-order chi connectivity index (χ1) is 12.6. The third-order valence-electron chi connectivity index (χ3n) is 4.29. The molecule has 0 atom stereocenters. The van der Waals surface area contributed by atoms with E-state index in [0.29, 0.717) is 17.7 Å². The highest BCUT2D eigenvalue weighted by Crippen LogP contribution is 2.20. The molecule has 0 radical (unpaired) electrons. The number of amides is 1. The first kappa shape index (κ1) is 17.9. The van der Waals surface area contributed by atoms with E-state index in [2.05, 4.69) is 15.6 Å². The molecule has 2 N–H and O–H groups in total. The Morgan fingerprint density at radius 1 is 1.38 bits per heavy atom. The minimum atomic E-state index is -0.146. The first-order valence-corrected chi connectivity index (χ1v) is 8.96. The molecule has 2 heterocycles. The van der Waals surface area contributed by atoms with Crippen molar-refractivity contribution in [2.75, 3.05) is 7.05 Å². The number of nitrogens with zero attached hydrogens (tertiary/aromatic N) is 2. The average molecular weight is 352 g/mol. The van der Waals surface area contributed by atoms with Gasteiger partial charge in [-0.1, -0.05) is 19.1 Å². The van der Waals surface area contributed by atoms with E-state index in [0.717, 1.165) is 30.7 Å². The third kappa shape index (κ3) is 4.20. The SMILES string of the molecule is CC/C=C(\NC)c1cc(C(=O)NC2CC2)cn(Cc2ccccn2)c1=O. The second-order valence-corrected chi connectivity index (χ2v) is 6.42. The Balaban J connectivity index is 2.04. The fraction of sp³-hybridized carbons (Fsp3) is 0.350. The minimum Gasteiger partial charge on any atom is -0.388 e. The molecule has 1 aliphatic rings. The summed E-state index contributed by atoms with van der Waals surface area (Å²) in [6, 6.07) is 7.52. The molecule has 136 valence electrons. The van der Waals surface area contributed by atoms with Gasteiger partial charge in [-0.25, -0.2) is 0 Å². The number of aromatic nitrogens is 2. The van der Waals surface area contributed by atoms with Crippen molar-refractivity contribution in [3.8, 4) is 0 Å². The molecule has 0 aromatic carbocycles. The zero-order chi connectivity index (χ0) is 18.5. The van der Waals surface area contributed by atoms with Gasteiger partial charge >= 0.3 is 0 Å². The molecule has 0 aliphatic heterocycles. The van der Waals surface area contributed by atoms with Crippen LogP contribution in [-0.4, -0.2) is 28.5 Å². The van der Waals surface area contributed by atoms with Crippen LogP contribution >= 0.6 is 0 Å². The molecule has 6 heteroatoms. The van der Waals surface area contributed by atoms with Crippen LogP contribution in [0.1, 0.15) is 47.8 Å². The summed E-state index contributed by atoms with van der Waals surface area (Å²) in [5.41, 5.74) is 2.33. The van der Waals surface area contributed by atoms with Crippen molar-refractivity contribution in [1.82, 2.24) is 20.2 Å². The molecule has 0 unspecified atom stereocenters. The zero-order valence-electron chi connectivity index (χ0n) is 15.2. The van der Waals surface area contributed by atoms with E-state index in [1.165, 1.54) is 0 Å². The van der Waals surface area contributed by atoms with Crippen molar-refractivity contribution >= 4 is 11.6 Å². The Morgan fingerprint density at radius 2 is 2.19 bits per heavy atom. The lowest BCUT2D eigenvalue weighted by molar-refractivity contribution is 0.0950. The molecular formula is C20H24N4O2. The third-order valence-corrected chi connectivity index (χ3v) is 4.29. The number of carbonyl (C=O) groups excluding carboxylic acids is 1. The molecule has 1 aliphatic carbocycles. The van der Waals surface area contributed by atoms with Crippen molar-refractivity contribution in [3.05, 3.63) is 69.9 Å². The highest BCUT2D eigenvalue weighted by Gasteiger charge is 2.24. The average Bonchev–Trinajstić information content (AvgIpc) is 3.46. The Hall–Kier alpha value is -2.89. The van der Waals surface area contributed by atoms with Gasteiger partial charge in [-0.05, 0) is 37.5 Å². The van der Waals surface area contributed by atoms with Crippen LogP contribution in [0.25, 0.3) is 5.70 Å². The predicted molar refractivity (Wildman–Crippen MR) is 102 cm³/mol. The number of carbonyl (C=O) groups is 1. The van der Waals surface area contributed by atoms with E-state index in [1.54, 1.807) is 30.1 Å². The van der Waals surface area contributed by atoms with E-state index in [1.807, 2.05) is 31.2 Å². The van der Waals surface area contributed by atoms with E-state index >= 15 is 0 Å². The molecule has 0 spiro atoms. The number of hydrogen-bond donors (Lipinski definition) is 2. The first-order valence-electron chi connectivity index (χ1n) is 8.96. The van der Waals surface area contributed by atoms with Crippen LogP contribution in [0.3, 0.4) is 0 Å². The number of hydrogen-bond acceptors (Lipinski definition) is 4. The highest BCUT2D eigenvalue weighted by atomic mass is 16.2. The van der Waals surface area contributed by atoms with Crippen LogP contribution in [-0.2, 0) is 6.54 Å². The number of nitrogens with one attached hydrogen (secondary N) is 2. The maximum absolute atomic E-state index is 13.0. The van der Waals surface area contributed by atoms with Crippen LogP contribution in [0.5, 0.6) is 0 Å². The van der Waals surface area contributed by atoms with Crippen LogP contribution in [0, 0.1) is 0 Å². The summed E-state index contributed by atoms with van der Waals surface area (Å²) in [7, 11) is 1.78.